The predicted molar refractivity (Wildman–Crippen MR) is 210 cm³/mol. The number of hydrogen-bond acceptors (Lipinski definition) is 3. The van der Waals surface area contributed by atoms with Crippen LogP contribution in [-0.2, 0) is 0 Å². The second-order valence-corrected chi connectivity index (χ2v) is 13.5. The van der Waals surface area contributed by atoms with Gasteiger partial charge in [-0.05, 0) is 70.1 Å². The Hall–Kier alpha value is -6.16. The molecule has 0 atom stereocenters. The molecule has 8 aromatic carbocycles. The standard InChI is InChI=1S/C46H29NOS/c1-3-12-30(13-4-1)32-22-26-34(27-23-32)47(35-28-24-33(25-29-35)31-14-5-2-6-15-31)39-19-11-21-41-44(39)42-36-16-7-8-17-37(36)45-43(46(42)49-41)38-18-9-10-20-40(38)48-45/h1-29H. The van der Waals surface area contributed by atoms with Gasteiger partial charge in [-0.3, -0.25) is 0 Å². The van der Waals surface area contributed by atoms with Crippen LogP contribution in [0, 0.1) is 0 Å². The Balaban J connectivity index is 1.26. The van der Waals surface area contributed by atoms with Gasteiger partial charge in [-0.15, -0.1) is 11.3 Å². The van der Waals surface area contributed by atoms with Crippen molar-refractivity contribution in [2.24, 2.45) is 0 Å². The Labute approximate surface area is 287 Å². The zero-order valence-electron chi connectivity index (χ0n) is 26.5. The molecule has 0 aliphatic carbocycles. The lowest BCUT2D eigenvalue weighted by Crippen LogP contribution is -2.10. The molecule has 0 fully saturated rings. The number of anilines is 3. The second kappa shape index (κ2) is 11.2. The molecule has 0 spiro atoms. The Bertz CT molecular complexity index is 2710. The molecule has 0 amide bonds. The molecule has 0 aliphatic heterocycles. The summed E-state index contributed by atoms with van der Waals surface area (Å²) in [6, 6.07) is 63.0. The number of fused-ring (bicyclic) bond motifs is 10. The second-order valence-electron chi connectivity index (χ2n) is 12.5. The van der Waals surface area contributed by atoms with E-state index in [0.29, 0.717) is 0 Å². The van der Waals surface area contributed by atoms with Gasteiger partial charge in [0.05, 0.1) is 5.69 Å². The lowest BCUT2D eigenvalue weighted by atomic mass is 9.98. The smallest absolute Gasteiger partial charge is 0.144 e. The van der Waals surface area contributed by atoms with Gasteiger partial charge >= 0.3 is 0 Å². The molecular formula is C46H29NOS. The molecule has 0 bridgehead atoms. The molecule has 10 aromatic rings. The van der Waals surface area contributed by atoms with E-state index in [0.717, 1.165) is 39.0 Å². The van der Waals surface area contributed by atoms with Gasteiger partial charge < -0.3 is 9.32 Å². The number of rotatable bonds is 5. The van der Waals surface area contributed by atoms with Gasteiger partial charge in [0.2, 0.25) is 0 Å². The van der Waals surface area contributed by atoms with E-state index in [1.165, 1.54) is 53.2 Å². The lowest BCUT2D eigenvalue weighted by molar-refractivity contribution is 0.673. The third-order valence-corrected chi connectivity index (χ3v) is 10.8. The molecular weight excluding hydrogens is 615 g/mol. The van der Waals surface area contributed by atoms with Crippen molar-refractivity contribution < 1.29 is 4.42 Å². The molecule has 0 saturated carbocycles. The van der Waals surface area contributed by atoms with Crippen LogP contribution in [0.4, 0.5) is 17.1 Å². The summed E-state index contributed by atoms with van der Waals surface area (Å²) in [5.41, 5.74) is 10.1. The van der Waals surface area contributed by atoms with E-state index in [1.54, 1.807) is 0 Å². The summed E-state index contributed by atoms with van der Waals surface area (Å²) >= 11 is 1.86. The fourth-order valence-corrected chi connectivity index (χ4v) is 8.70. The van der Waals surface area contributed by atoms with E-state index in [-0.39, 0.29) is 0 Å². The number of benzene rings is 8. The fourth-order valence-electron chi connectivity index (χ4n) is 7.40. The highest BCUT2D eigenvalue weighted by molar-refractivity contribution is 7.27. The van der Waals surface area contributed by atoms with Gasteiger partial charge in [0.15, 0.2) is 0 Å². The first-order valence-electron chi connectivity index (χ1n) is 16.6. The maximum Gasteiger partial charge on any atom is 0.144 e. The molecule has 0 radical (unpaired) electrons. The molecule has 2 aromatic heterocycles. The van der Waals surface area contributed by atoms with E-state index >= 15 is 0 Å². The van der Waals surface area contributed by atoms with E-state index in [9.17, 15) is 0 Å². The minimum Gasteiger partial charge on any atom is -0.455 e. The summed E-state index contributed by atoms with van der Waals surface area (Å²) in [4.78, 5) is 2.42. The predicted octanol–water partition coefficient (Wildman–Crippen LogP) is 13.9. The van der Waals surface area contributed by atoms with Crippen molar-refractivity contribution in [2.45, 2.75) is 0 Å². The summed E-state index contributed by atoms with van der Waals surface area (Å²) in [6.45, 7) is 0. The van der Waals surface area contributed by atoms with Crippen LogP contribution < -0.4 is 4.90 Å². The summed E-state index contributed by atoms with van der Waals surface area (Å²) in [6.07, 6.45) is 0. The van der Waals surface area contributed by atoms with Crippen LogP contribution in [0.1, 0.15) is 0 Å². The molecule has 0 N–H and O–H groups in total. The van der Waals surface area contributed by atoms with E-state index in [1.807, 2.05) is 11.3 Å². The van der Waals surface area contributed by atoms with Crippen molar-refractivity contribution in [3.63, 3.8) is 0 Å². The number of para-hydroxylation sites is 1. The highest BCUT2D eigenvalue weighted by Gasteiger charge is 2.23. The van der Waals surface area contributed by atoms with Crippen molar-refractivity contribution in [2.75, 3.05) is 4.90 Å². The van der Waals surface area contributed by atoms with Crippen molar-refractivity contribution in [3.8, 4) is 22.3 Å². The topological polar surface area (TPSA) is 16.4 Å². The molecule has 0 unspecified atom stereocenters. The van der Waals surface area contributed by atoms with Gasteiger partial charge in [-0.2, -0.15) is 0 Å². The van der Waals surface area contributed by atoms with E-state index in [4.69, 9.17) is 4.42 Å². The van der Waals surface area contributed by atoms with Gasteiger partial charge in [-0.25, -0.2) is 0 Å². The molecule has 49 heavy (non-hydrogen) atoms. The van der Waals surface area contributed by atoms with Crippen LogP contribution >= 0.6 is 11.3 Å². The van der Waals surface area contributed by atoms with Gasteiger partial charge in [0.1, 0.15) is 11.2 Å². The van der Waals surface area contributed by atoms with Crippen molar-refractivity contribution in [1.29, 1.82) is 0 Å². The molecule has 3 heteroatoms. The minimum absolute atomic E-state index is 0.923. The van der Waals surface area contributed by atoms with E-state index in [2.05, 4.69) is 181 Å². The first kappa shape index (κ1) is 27.9. The molecule has 2 heterocycles. The minimum atomic E-state index is 0.923. The molecule has 0 saturated heterocycles. The van der Waals surface area contributed by atoms with Gasteiger partial charge in [-0.1, -0.05) is 133 Å². The van der Waals surface area contributed by atoms with Gasteiger partial charge in [0.25, 0.3) is 0 Å². The Morgan fingerprint density at radius 2 is 0.918 bits per heavy atom. The first-order chi connectivity index (χ1) is 24.3. The van der Waals surface area contributed by atoms with Crippen LogP contribution in [0.2, 0.25) is 0 Å². The average molecular weight is 644 g/mol. The van der Waals surface area contributed by atoms with Gasteiger partial charge in [0, 0.05) is 47.7 Å². The summed E-state index contributed by atoms with van der Waals surface area (Å²) in [5.74, 6) is 0. The number of hydrogen-bond donors (Lipinski definition) is 0. The zero-order valence-corrected chi connectivity index (χ0v) is 27.3. The normalized spacial score (nSPS) is 11.7. The van der Waals surface area contributed by atoms with Crippen LogP contribution in [0.5, 0.6) is 0 Å². The number of thiophene rings is 1. The average Bonchev–Trinajstić information content (AvgIpc) is 3.76. The molecule has 10 rings (SSSR count). The Morgan fingerprint density at radius 3 is 1.55 bits per heavy atom. The highest BCUT2D eigenvalue weighted by Crippen LogP contribution is 2.51. The quantitative estimate of drug-likeness (QED) is 0.186. The van der Waals surface area contributed by atoms with Crippen LogP contribution in [-0.4, -0.2) is 0 Å². The Morgan fingerprint density at radius 1 is 0.388 bits per heavy atom. The summed E-state index contributed by atoms with van der Waals surface area (Å²) in [7, 11) is 0. The van der Waals surface area contributed by atoms with Crippen LogP contribution in [0.15, 0.2) is 180 Å². The SMILES string of the molecule is c1ccc(-c2ccc(N(c3ccc(-c4ccccc4)cc3)c3cccc4sc5c6c7ccccc7oc6c6ccccc6c5c34)cc2)cc1. The summed E-state index contributed by atoms with van der Waals surface area (Å²) in [5, 5.41) is 7.24. The monoisotopic (exact) mass is 643 g/mol. The first-order valence-corrected chi connectivity index (χ1v) is 17.4. The van der Waals surface area contributed by atoms with Crippen LogP contribution in [0.3, 0.4) is 0 Å². The fraction of sp³-hybridized carbons (Fsp3) is 0. The van der Waals surface area contributed by atoms with Crippen molar-refractivity contribution in [3.05, 3.63) is 176 Å². The lowest BCUT2D eigenvalue weighted by Gasteiger charge is -2.27. The summed E-state index contributed by atoms with van der Waals surface area (Å²) < 4.78 is 9.09. The van der Waals surface area contributed by atoms with Crippen LogP contribution in [0.25, 0.3) is 75.1 Å². The number of furan rings is 1. The maximum absolute atomic E-state index is 6.58. The van der Waals surface area contributed by atoms with Crippen molar-refractivity contribution >= 4 is 81.3 Å². The highest BCUT2D eigenvalue weighted by atomic mass is 32.1. The number of nitrogens with zero attached hydrogens (tertiary/aromatic N) is 1. The zero-order chi connectivity index (χ0) is 32.3. The molecule has 230 valence electrons. The Kier molecular flexibility index (Phi) is 6.39. The van der Waals surface area contributed by atoms with Crippen molar-refractivity contribution in [1.82, 2.24) is 0 Å². The van der Waals surface area contributed by atoms with E-state index < -0.39 is 0 Å². The third kappa shape index (κ3) is 4.47. The molecule has 2 nitrogen and oxygen atoms in total. The largest absolute Gasteiger partial charge is 0.455 e. The maximum atomic E-state index is 6.58. The molecule has 0 aliphatic rings. The third-order valence-electron chi connectivity index (χ3n) is 9.66.